The first kappa shape index (κ1) is 42.6. The van der Waals surface area contributed by atoms with Crippen LogP contribution >= 0.6 is 0 Å². The highest BCUT2D eigenvalue weighted by molar-refractivity contribution is 6.96. The van der Waals surface area contributed by atoms with Crippen LogP contribution in [0.4, 0.5) is 0 Å². The van der Waals surface area contributed by atoms with E-state index in [-0.39, 0.29) is 22.9 Å². The molecule has 0 aromatic heterocycles. The smallest absolute Gasteiger partial charge is 0.350 e. The third-order valence-electron chi connectivity index (χ3n) is 8.55. The normalized spacial score (nSPS) is 31.4. The molecule has 264 valence electrons. The summed E-state index contributed by atoms with van der Waals surface area (Å²) in [5.41, 5.74) is -0.893. The molecule has 8 nitrogen and oxygen atoms in total. The summed E-state index contributed by atoms with van der Waals surface area (Å²) < 4.78 is 57.1. The van der Waals surface area contributed by atoms with Crippen molar-refractivity contribution in [3.8, 4) is 0 Å². The monoisotopic (exact) mass is 696 g/mol. The number of hydrogen-bond donors (Lipinski definition) is 0. The van der Waals surface area contributed by atoms with Gasteiger partial charge in [0.25, 0.3) is 0 Å². The summed E-state index contributed by atoms with van der Waals surface area (Å²) in [6.45, 7) is 37.3. The van der Waals surface area contributed by atoms with E-state index in [0.29, 0.717) is 50.1 Å². The fourth-order valence-electron chi connectivity index (χ4n) is 5.50. The second-order valence-corrected chi connectivity index (χ2v) is 30.4. The van der Waals surface area contributed by atoms with Gasteiger partial charge in [-0.15, -0.1) is 0 Å². The Morgan fingerprint density at radius 2 is 0.500 bits per heavy atom. The van der Waals surface area contributed by atoms with Gasteiger partial charge in [0.1, 0.15) is 0 Å². The van der Waals surface area contributed by atoms with Crippen molar-refractivity contribution >= 4 is 34.2 Å². The van der Waals surface area contributed by atoms with E-state index in [0.717, 1.165) is 24.2 Å². The van der Waals surface area contributed by atoms with Gasteiger partial charge in [-0.05, 0) is 75.5 Å². The lowest BCUT2D eigenvalue weighted by molar-refractivity contribution is 0.0161. The first-order valence-electron chi connectivity index (χ1n) is 17.7. The van der Waals surface area contributed by atoms with Crippen molar-refractivity contribution in [2.75, 3.05) is 26.4 Å². The third kappa shape index (κ3) is 11.3. The van der Waals surface area contributed by atoms with Crippen LogP contribution in [0.25, 0.3) is 0 Å². The Kier molecular flexibility index (Phi) is 18.3. The van der Waals surface area contributed by atoms with Crippen molar-refractivity contribution in [2.24, 2.45) is 23.7 Å². The van der Waals surface area contributed by atoms with Crippen LogP contribution in [-0.4, -0.2) is 83.6 Å². The zero-order valence-corrected chi connectivity index (χ0v) is 35.5. The van der Waals surface area contributed by atoms with Crippen LogP contribution in [0.5, 0.6) is 0 Å². The summed E-state index contributed by atoms with van der Waals surface area (Å²) in [5.74, 6) is 1.57. The van der Waals surface area contributed by atoms with Gasteiger partial charge < -0.3 is 35.4 Å². The van der Waals surface area contributed by atoms with Crippen molar-refractivity contribution in [2.45, 2.75) is 158 Å². The number of hydrogen-bond acceptors (Lipinski definition) is 8. The van der Waals surface area contributed by atoms with Gasteiger partial charge >= 0.3 is 34.2 Å². The van der Waals surface area contributed by atoms with Crippen LogP contribution in [0.3, 0.4) is 0 Å². The Morgan fingerprint density at radius 1 is 0.341 bits per heavy atom. The summed E-state index contributed by atoms with van der Waals surface area (Å²) >= 11 is 0. The molecule has 1 fully saturated rings. The average molecular weight is 697 g/mol. The summed E-state index contributed by atoms with van der Waals surface area (Å²) in [6.07, 6.45) is 0. The molecule has 0 N–H and O–H groups in total. The summed E-state index contributed by atoms with van der Waals surface area (Å²) in [4.78, 5) is 0. The van der Waals surface area contributed by atoms with Crippen LogP contribution in [0.15, 0.2) is 0 Å². The van der Waals surface area contributed by atoms with Crippen molar-refractivity contribution in [3.05, 3.63) is 0 Å². The van der Waals surface area contributed by atoms with Crippen LogP contribution in [0, 0.1) is 23.7 Å². The predicted molar refractivity (Wildman–Crippen MR) is 190 cm³/mol. The van der Waals surface area contributed by atoms with Crippen LogP contribution in [0.1, 0.15) is 111 Å². The Hall–Kier alpha value is 0.548. The Balaban J connectivity index is 4.02. The minimum atomic E-state index is -3.13. The van der Waals surface area contributed by atoms with Gasteiger partial charge in [-0.25, -0.2) is 0 Å². The standard InChI is InChI=1S/C32H72O8Si4/c1-17-41(29(13)33-21-25(5)6)37-42(18-2,30(14)34-22-26(7)8)39-44(20-4,32(16)36-24-28(11)12)40-43(19-3,38-41)31(15)35-23-27(9)10/h25-32H,17-24H2,1-16H3. The Labute approximate surface area is 276 Å². The Bertz CT molecular complexity index is 664. The van der Waals surface area contributed by atoms with E-state index in [2.05, 4.69) is 111 Å². The molecule has 4 unspecified atom stereocenters. The molecule has 0 aromatic carbocycles. The van der Waals surface area contributed by atoms with Gasteiger partial charge in [-0.2, -0.15) is 0 Å². The molecule has 1 aliphatic heterocycles. The molecule has 0 spiro atoms. The lowest BCUT2D eigenvalue weighted by atomic mass is 10.2. The number of ether oxygens (including phenoxy) is 4. The van der Waals surface area contributed by atoms with Gasteiger partial charge in [0.2, 0.25) is 0 Å². The van der Waals surface area contributed by atoms with Gasteiger partial charge in [0.15, 0.2) is 0 Å². The molecule has 0 aliphatic carbocycles. The average Bonchev–Trinajstić information content (AvgIpc) is 2.96. The minimum Gasteiger partial charge on any atom is -0.412 e. The summed E-state index contributed by atoms with van der Waals surface area (Å²) in [6, 6.07) is 2.87. The van der Waals surface area contributed by atoms with E-state index < -0.39 is 34.2 Å². The molecule has 1 saturated heterocycles. The minimum absolute atomic E-state index is 0.223. The largest absolute Gasteiger partial charge is 0.412 e. The highest BCUT2D eigenvalue weighted by atomic mass is 28.5. The maximum Gasteiger partial charge on any atom is 0.350 e. The van der Waals surface area contributed by atoms with E-state index in [1.165, 1.54) is 0 Å². The Morgan fingerprint density at radius 3 is 0.614 bits per heavy atom. The maximum absolute atomic E-state index is 7.68. The third-order valence-corrected chi connectivity index (χ3v) is 29.2. The second-order valence-electron chi connectivity index (χ2n) is 14.5. The second kappa shape index (κ2) is 18.9. The fourth-order valence-corrected chi connectivity index (χ4v) is 30.7. The molecule has 1 rings (SSSR count). The summed E-state index contributed by atoms with van der Waals surface area (Å²) in [5, 5.41) is 0. The highest BCUT2D eigenvalue weighted by Crippen LogP contribution is 2.43. The molecular formula is C32H72O8Si4. The first-order valence-corrected chi connectivity index (χ1v) is 26.1. The molecule has 44 heavy (non-hydrogen) atoms. The van der Waals surface area contributed by atoms with Gasteiger partial charge in [0, 0.05) is 26.4 Å². The zero-order valence-electron chi connectivity index (χ0n) is 31.5. The fraction of sp³-hybridized carbons (Fsp3) is 1.00. The van der Waals surface area contributed by atoms with Gasteiger partial charge in [0.05, 0.1) is 22.9 Å². The lowest BCUT2D eigenvalue weighted by Gasteiger charge is -2.56. The van der Waals surface area contributed by atoms with E-state index >= 15 is 0 Å². The topological polar surface area (TPSA) is 73.8 Å². The van der Waals surface area contributed by atoms with E-state index in [1.54, 1.807) is 0 Å². The van der Waals surface area contributed by atoms with Crippen molar-refractivity contribution in [1.29, 1.82) is 0 Å². The molecule has 0 saturated carbocycles. The first-order chi connectivity index (χ1) is 20.4. The maximum atomic E-state index is 7.68. The van der Waals surface area contributed by atoms with Crippen LogP contribution in [-0.2, 0) is 35.4 Å². The molecule has 1 aliphatic rings. The van der Waals surface area contributed by atoms with Crippen LogP contribution < -0.4 is 0 Å². The number of rotatable bonds is 20. The van der Waals surface area contributed by atoms with Crippen LogP contribution in [0.2, 0.25) is 24.2 Å². The molecule has 0 radical (unpaired) electrons. The van der Waals surface area contributed by atoms with E-state index in [4.69, 9.17) is 35.4 Å². The molecule has 0 amide bonds. The SMILES string of the molecule is CC[Si]1(C(C)OCC(C)C)O[Si](CC)(C(C)OCC(C)C)O[Si](CC)(C(C)OCC(C)C)O[Si](CC)(C(C)OCC(C)C)O1. The molecule has 0 bridgehead atoms. The van der Waals surface area contributed by atoms with E-state index in [9.17, 15) is 0 Å². The van der Waals surface area contributed by atoms with Gasteiger partial charge in [-0.1, -0.05) is 83.1 Å². The zero-order chi connectivity index (χ0) is 33.9. The molecule has 12 heteroatoms. The molecule has 1 heterocycles. The quantitative estimate of drug-likeness (QED) is 0.118. The van der Waals surface area contributed by atoms with Crippen molar-refractivity contribution in [3.63, 3.8) is 0 Å². The predicted octanol–water partition coefficient (Wildman–Crippen LogP) is 8.32. The van der Waals surface area contributed by atoms with E-state index in [1.807, 2.05) is 0 Å². The van der Waals surface area contributed by atoms with Crippen molar-refractivity contribution < 1.29 is 35.4 Å². The molecular weight excluding hydrogens is 625 g/mol. The highest BCUT2D eigenvalue weighted by Gasteiger charge is 2.67. The molecule has 0 aromatic rings. The lowest BCUT2D eigenvalue weighted by Crippen LogP contribution is -2.78. The van der Waals surface area contributed by atoms with Gasteiger partial charge in [-0.3, -0.25) is 0 Å². The van der Waals surface area contributed by atoms with Crippen molar-refractivity contribution in [1.82, 2.24) is 0 Å². The summed E-state index contributed by atoms with van der Waals surface area (Å²) in [7, 11) is -12.5. The molecule has 4 atom stereocenters.